The SMILES string of the molecule is [O]C1OC(C(=O)O)C(O)C(O)C1O. The Morgan fingerprint density at radius 2 is 1.62 bits per heavy atom. The van der Waals surface area contributed by atoms with E-state index < -0.39 is 36.7 Å². The number of aliphatic hydroxyl groups excluding tert-OH is 3. The summed E-state index contributed by atoms with van der Waals surface area (Å²) in [6.07, 6.45) is -9.25. The van der Waals surface area contributed by atoms with E-state index in [4.69, 9.17) is 20.4 Å². The monoisotopic (exact) mass is 193 g/mol. The maximum Gasteiger partial charge on any atom is 0.335 e. The van der Waals surface area contributed by atoms with Gasteiger partial charge in [-0.3, -0.25) is 0 Å². The first kappa shape index (κ1) is 10.4. The molecule has 0 aromatic carbocycles. The van der Waals surface area contributed by atoms with Crippen LogP contribution in [-0.4, -0.2) is 57.1 Å². The second-order valence-electron chi connectivity index (χ2n) is 2.74. The summed E-state index contributed by atoms with van der Waals surface area (Å²) in [6.45, 7) is 0. The van der Waals surface area contributed by atoms with Crippen molar-refractivity contribution < 1.29 is 35.1 Å². The summed E-state index contributed by atoms with van der Waals surface area (Å²) in [5, 5.41) is 46.1. The van der Waals surface area contributed by atoms with Gasteiger partial charge in [-0.15, -0.1) is 0 Å². The number of ether oxygens (including phenoxy) is 1. The van der Waals surface area contributed by atoms with Crippen molar-refractivity contribution >= 4 is 5.97 Å². The molecule has 0 bridgehead atoms. The van der Waals surface area contributed by atoms with Gasteiger partial charge in [0.05, 0.1) is 0 Å². The molecule has 7 heteroatoms. The molecule has 13 heavy (non-hydrogen) atoms. The predicted octanol–water partition coefficient (Wildman–Crippen LogP) is -2.69. The van der Waals surface area contributed by atoms with Crippen LogP contribution < -0.4 is 0 Å². The summed E-state index contributed by atoms with van der Waals surface area (Å²) >= 11 is 0. The van der Waals surface area contributed by atoms with Crippen molar-refractivity contribution in [2.24, 2.45) is 0 Å². The van der Waals surface area contributed by atoms with E-state index >= 15 is 0 Å². The molecular formula is C6H9O7. The lowest BCUT2D eigenvalue weighted by molar-refractivity contribution is -0.296. The number of carbonyl (C=O) groups is 1. The number of rotatable bonds is 1. The van der Waals surface area contributed by atoms with Gasteiger partial charge < -0.3 is 25.2 Å². The van der Waals surface area contributed by atoms with Crippen molar-refractivity contribution in [3.05, 3.63) is 0 Å². The largest absolute Gasteiger partial charge is 0.479 e. The normalized spacial score (nSPS) is 46.0. The van der Waals surface area contributed by atoms with Crippen LogP contribution in [0, 0.1) is 0 Å². The van der Waals surface area contributed by atoms with Gasteiger partial charge in [0.15, 0.2) is 6.10 Å². The summed E-state index contributed by atoms with van der Waals surface area (Å²) < 4.78 is 4.23. The summed E-state index contributed by atoms with van der Waals surface area (Å²) in [5.41, 5.74) is 0. The minimum atomic E-state index is -2.06. The number of carboxylic acid groups (broad SMARTS) is 1. The average Bonchev–Trinajstić information content (AvgIpc) is 2.07. The van der Waals surface area contributed by atoms with Crippen LogP contribution in [0.3, 0.4) is 0 Å². The van der Waals surface area contributed by atoms with Crippen LogP contribution in [0.25, 0.3) is 0 Å². The highest BCUT2D eigenvalue weighted by Crippen LogP contribution is 2.19. The molecule has 1 aliphatic rings. The molecule has 0 aromatic heterocycles. The fraction of sp³-hybridized carbons (Fsp3) is 0.833. The molecule has 1 saturated heterocycles. The van der Waals surface area contributed by atoms with E-state index in [1.165, 1.54) is 0 Å². The Bertz CT molecular complexity index is 205. The molecule has 0 saturated carbocycles. The highest BCUT2D eigenvalue weighted by atomic mass is 16.6. The fourth-order valence-electron chi connectivity index (χ4n) is 1.05. The Labute approximate surface area is 72.8 Å². The minimum absolute atomic E-state index is 1.56. The Morgan fingerprint density at radius 3 is 2.08 bits per heavy atom. The van der Waals surface area contributed by atoms with Crippen LogP contribution in [0.4, 0.5) is 0 Å². The third-order valence-corrected chi connectivity index (χ3v) is 1.81. The molecule has 0 aliphatic carbocycles. The Hall–Kier alpha value is -0.730. The van der Waals surface area contributed by atoms with Gasteiger partial charge in [0.25, 0.3) is 0 Å². The van der Waals surface area contributed by atoms with Crippen LogP contribution in [0.2, 0.25) is 0 Å². The molecule has 75 valence electrons. The van der Waals surface area contributed by atoms with Crippen molar-refractivity contribution in [1.82, 2.24) is 0 Å². The van der Waals surface area contributed by atoms with E-state index in [1.807, 2.05) is 0 Å². The highest BCUT2D eigenvalue weighted by Gasteiger charge is 2.46. The van der Waals surface area contributed by atoms with Gasteiger partial charge in [-0.2, -0.15) is 5.11 Å². The first-order valence-electron chi connectivity index (χ1n) is 3.53. The molecule has 1 aliphatic heterocycles. The van der Waals surface area contributed by atoms with Crippen LogP contribution in [-0.2, 0) is 14.6 Å². The number of carboxylic acids is 1. The smallest absolute Gasteiger partial charge is 0.335 e. The Balaban J connectivity index is 2.76. The molecule has 0 amide bonds. The molecule has 7 nitrogen and oxygen atoms in total. The number of aliphatic carboxylic acids is 1. The number of hydrogen-bond donors (Lipinski definition) is 4. The third kappa shape index (κ3) is 1.79. The van der Waals surface area contributed by atoms with Gasteiger partial charge in [-0.05, 0) is 0 Å². The molecule has 1 heterocycles. The second-order valence-corrected chi connectivity index (χ2v) is 2.74. The quantitative estimate of drug-likeness (QED) is 0.359. The van der Waals surface area contributed by atoms with Gasteiger partial charge in [0.1, 0.15) is 18.3 Å². The van der Waals surface area contributed by atoms with Gasteiger partial charge in [-0.1, -0.05) is 0 Å². The molecular weight excluding hydrogens is 184 g/mol. The van der Waals surface area contributed by atoms with Crippen LogP contribution in [0.5, 0.6) is 0 Å². The van der Waals surface area contributed by atoms with Crippen LogP contribution in [0.15, 0.2) is 0 Å². The standard InChI is InChI=1S/C6H9O7/c7-1-2(8)4(5(10)11)13-6(12)3(1)9/h1-4,6-9H,(H,10,11). The van der Waals surface area contributed by atoms with E-state index in [-0.39, 0.29) is 0 Å². The zero-order valence-electron chi connectivity index (χ0n) is 6.40. The van der Waals surface area contributed by atoms with E-state index in [0.717, 1.165) is 0 Å². The van der Waals surface area contributed by atoms with Crippen LogP contribution in [0.1, 0.15) is 0 Å². The van der Waals surface area contributed by atoms with Crippen molar-refractivity contribution in [2.45, 2.75) is 30.7 Å². The average molecular weight is 193 g/mol. The van der Waals surface area contributed by atoms with E-state index in [2.05, 4.69) is 4.74 Å². The fourth-order valence-corrected chi connectivity index (χ4v) is 1.05. The summed E-state index contributed by atoms with van der Waals surface area (Å²) in [4.78, 5) is 10.3. The van der Waals surface area contributed by atoms with Gasteiger partial charge in [0.2, 0.25) is 6.29 Å². The molecule has 5 atom stereocenters. The maximum absolute atomic E-state index is 10.7. The third-order valence-electron chi connectivity index (χ3n) is 1.81. The summed E-state index contributed by atoms with van der Waals surface area (Å²) in [7, 11) is 0. The molecule has 0 spiro atoms. The van der Waals surface area contributed by atoms with Crippen LogP contribution >= 0.6 is 0 Å². The predicted molar refractivity (Wildman–Crippen MR) is 35.0 cm³/mol. The molecule has 4 N–H and O–H groups in total. The maximum atomic E-state index is 10.7. The van der Waals surface area contributed by atoms with Crippen molar-refractivity contribution in [3.63, 3.8) is 0 Å². The minimum Gasteiger partial charge on any atom is -0.479 e. The number of aliphatic hydroxyl groups is 3. The molecule has 0 aromatic rings. The van der Waals surface area contributed by atoms with Gasteiger partial charge in [-0.25, -0.2) is 4.79 Å². The lowest BCUT2D eigenvalue weighted by Gasteiger charge is -2.35. The van der Waals surface area contributed by atoms with Crippen molar-refractivity contribution in [3.8, 4) is 0 Å². The molecule has 1 fully saturated rings. The Morgan fingerprint density at radius 1 is 1.08 bits per heavy atom. The topological polar surface area (TPSA) is 127 Å². The van der Waals surface area contributed by atoms with Crippen molar-refractivity contribution in [2.75, 3.05) is 0 Å². The highest BCUT2D eigenvalue weighted by molar-refractivity contribution is 5.73. The first-order valence-corrected chi connectivity index (χ1v) is 3.53. The summed E-state index contributed by atoms with van der Waals surface area (Å²) in [5.74, 6) is -1.56. The van der Waals surface area contributed by atoms with E-state index in [0.29, 0.717) is 0 Å². The summed E-state index contributed by atoms with van der Waals surface area (Å²) in [6, 6.07) is 0. The first-order chi connectivity index (χ1) is 5.95. The van der Waals surface area contributed by atoms with Gasteiger partial charge in [0, 0.05) is 0 Å². The molecule has 1 rings (SSSR count). The zero-order valence-corrected chi connectivity index (χ0v) is 6.40. The zero-order chi connectivity index (χ0) is 10.2. The van der Waals surface area contributed by atoms with Crippen molar-refractivity contribution in [1.29, 1.82) is 0 Å². The number of hydrogen-bond acceptors (Lipinski definition) is 5. The lowest BCUT2D eigenvalue weighted by Crippen LogP contribution is -2.59. The second kappa shape index (κ2) is 3.56. The lowest BCUT2D eigenvalue weighted by atomic mass is 9.99. The molecule has 1 radical (unpaired) electrons. The van der Waals surface area contributed by atoms with Gasteiger partial charge >= 0.3 is 5.97 Å². The Kier molecular flexibility index (Phi) is 2.84. The van der Waals surface area contributed by atoms with E-state index in [1.54, 1.807) is 0 Å². The molecule has 5 unspecified atom stereocenters. The van der Waals surface area contributed by atoms with E-state index in [9.17, 15) is 9.90 Å².